The topological polar surface area (TPSA) is 116 Å². The Kier molecular flexibility index (Phi) is 6.81. The van der Waals surface area contributed by atoms with Gasteiger partial charge in [0.05, 0.1) is 11.1 Å². The summed E-state index contributed by atoms with van der Waals surface area (Å²) in [7, 11) is -4.31. The van der Waals surface area contributed by atoms with E-state index in [0.29, 0.717) is 24.9 Å². The molecule has 4 N–H and O–H groups in total. The standard InChI is InChI=1S/C26H23N5O3S2/c32-36(33,34)31-21-13-11-19(12-14-21)15-27-24-23-22(20-9-5-2-6-10-20)17-35-25(23)30-26(29-24)28-16-18-7-3-1-4-8-18/h1-14,17,31H,15-16H2,(H,32,33,34)(H2,27,28,29,30). The van der Waals surface area contributed by atoms with Gasteiger partial charge in [0, 0.05) is 24.0 Å². The number of hydrogen-bond acceptors (Lipinski definition) is 7. The number of thiophene rings is 1. The van der Waals surface area contributed by atoms with Gasteiger partial charge in [-0.25, -0.2) is 4.98 Å². The molecule has 10 heteroatoms. The Morgan fingerprint density at radius 2 is 1.42 bits per heavy atom. The van der Waals surface area contributed by atoms with Gasteiger partial charge in [0.15, 0.2) is 0 Å². The molecule has 36 heavy (non-hydrogen) atoms. The van der Waals surface area contributed by atoms with E-state index >= 15 is 0 Å². The molecule has 182 valence electrons. The quantitative estimate of drug-likeness (QED) is 0.183. The lowest BCUT2D eigenvalue weighted by atomic mass is 10.1. The fourth-order valence-electron chi connectivity index (χ4n) is 3.78. The van der Waals surface area contributed by atoms with Crippen molar-refractivity contribution < 1.29 is 13.0 Å². The second-order valence-corrected chi connectivity index (χ2v) is 10.1. The molecular formula is C26H23N5O3S2. The Labute approximate surface area is 213 Å². The van der Waals surface area contributed by atoms with Gasteiger partial charge < -0.3 is 10.6 Å². The number of nitrogens with one attached hydrogen (secondary N) is 3. The van der Waals surface area contributed by atoms with E-state index < -0.39 is 10.3 Å². The van der Waals surface area contributed by atoms with Crippen molar-refractivity contribution >= 4 is 49.3 Å². The first-order valence-electron chi connectivity index (χ1n) is 11.1. The maximum atomic E-state index is 11.0. The van der Waals surface area contributed by atoms with E-state index in [-0.39, 0.29) is 5.69 Å². The Morgan fingerprint density at radius 3 is 2.11 bits per heavy atom. The molecule has 0 atom stereocenters. The number of aromatic nitrogens is 2. The summed E-state index contributed by atoms with van der Waals surface area (Å²) < 4.78 is 33.1. The zero-order chi connectivity index (χ0) is 25.0. The summed E-state index contributed by atoms with van der Waals surface area (Å²) >= 11 is 1.57. The minimum atomic E-state index is -4.31. The van der Waals surface area contributed by atoms with Crippen LogP contribution in [0.1, 0.15) is 11.1 Å². The second-order valence-electron chi connectivity index (χ2n) is 8.06. The van der Waals surface area contributed by atoms with Crippen LogP contribution in [0.3, 0.4) is 0 Å². The van der Waals surface area contributed by atoms with Crippen LogP contribution in [0.4, 0.5) is 17.5 Å². The number of nitrogens with zero attached hydrogens (tertiary/aromatic N) is 2. The van der Waals surface area contributed by atoms with Crippen LogP contribution in [0.2, 0.25) is 0 Å². The van der Waals surface area contributed by atoms with Crippen LogP contribution < -0.4 is 15.4 Å². The highest BCUT2D eigenvalue weighted by atomic mass is 32.2. The maximum absolute atomic E-state index is 11.0. The molecule has 0 fully saturated rings. The van der Waals surface area contributed by atoms with Crippen molar-refractivity contribution in [2.75, 3.05) is 15.4 Å². The molecule has 0 aliphatic heterocycles. The lowest BCUT2D eigenvalue weighted by Gasteiger charge is -2.12. The molecule has 8 nitrogen and oxygen atoms in total. The molecule has 5 rings (SSSR count). The van der Waals surface area contributed by atoms with Gasteiger partial charge in [-0.2, -0.15) is 13.4 Å². The van der Waals surface area contributed by atoms with Crippen LogP contribution in [0, 0.1) is 0 Å². The Balaban J connectivity index is 1.44. The van der Waals surface area contributed by atoms with Crippen molar-refractivity contribution in [1.29, 1.82) is 0 Å². The molecule has 0 amide bonds. The summed E-state index contributed by atoms with van der Waals surface area (Å²) in [6.07, 6.45) is 0. The fourth-order valence-corrected chi connectivity index (χ4v) is 5.16. The Bertz CT molecular complexity index is 1570. The molecule has 3 aromatic carbocycles. The van der Waals surface area contributed by atoms with Crippen LogP contribution in [-0.2, 0) is 23.4 Å². The predicted octanol–water partition coefficient (Wildman–Crippen LogP) is 5.80. The number of anilines is 3. The molecule has 2 heterocycles. The molecule has 0 radical (unpaired) electrons. The van der Waals surface area contributed by atoms with E-state index in [2.05, 4.69) is 28.1 Å². The van der Waals surface area contributed by atoms with E-state index in [1.54, 1.807) is 35.6 Å². The second kappa shape index (κ2) is 10.3. The monoisotopic (exact) mass is 517 g/mol. The first-order chi connectivity index (χ1) is 17.4. The lowest BCUT2D eigenvalue weighted by molar-refractivity contribution is 0.489. The number of benzene rings is 3. The number of rotatable bonds is 9. The Morgan fingerprint density at radius 1 is 0.778 bits per heavy atom. The summed E-state index contributed by atoms with van der Waals surface area (Å²) in [4.78, 5) is 10.4. The normalized spacial score (nSPS) is 11.4. The van der Waals surface area contributed by atoms with E-state index in [4.69, 9.17) is 14.5 Å². The van der Waals surface area contributed by atoms with Gasteiger partial charge in [-0.05, 0) is 28.8 Å². The summed E-state index contributed by atoms with van der Waals surface area (Å²) in [6, 6.07) is 26.9. The lowest BCUT2D eigenvalue weighted by Crippen LogP contribution is -2.10. The third kappa shape index (κ3) is 5.80. The van der Waals surface area contributed by atoms with Crippen molar-refractivity contribution in [1.82, 2.24) is 9.97 Å². The maximum Gasteiger partial charge on any atom is 0.357 e. The van der Waals surface area contributed by atoms with Crippen LogP contribution in [0.25, 0.3) is 21.3 Å². The van der Waals surface area contributed by atoms with Gasteiger partial charge in [0.1, 0.15) is 10.6 Å². The molecule has 0 aliphatic rings. The zero-order valence-corrected chi connectivity index (χ0v) is 20.7. The van der Waals surface area contributed by atoms with E-state index in [1.807, 2.05) is 53.3 Å². The smallest absolute Gasteiger partial charge is 0.357 e. The van der Waals surface area contributed by atoms with E-state index in [9.17, 15) is 8.42 Å². The summed E-state index contributed by atoms with van der Waals surface area (Å²) in [5.74, 6) is 1.24. The van der Waals surface area contributed by atoms with E-state index in [0.717, 1.165) is 32.5 Å². The highest BCUT2D eigenvalue weighted by molar-refractivity contribution is 7.87. The number of hydrogen-bond donors (Lipinski definition) is 4. The summed E-state index contributed by atoms with van der Waals surface area (Å²) in [6.45, 7) is 1.06. The number of fused-ring (bicyclic) bond motifs is 1. The first-order valence-corrected chi connectivity index (χ1v) is 13.5. The molecule has 0 saturated carbocycles. The molecular weight excluding hydrogens is 494 g/mol. The van der Waals surface area contributed by atoms with E-state index in [1.165, 1.54) is 0 Å². The van der Waals surface area contributed by atoms with Crippen LogP contribution in [0.5, 0.6) is 0 Å². The summed E-state index contributed by atoms with van der Waals surface area (Å²) in [5.41, 5.74) is 4.46. The van der Waals surface area contributed by atoms with Crippen LogP contribution in [0.15, 0.2) is 90.3 Å². The van der Waals surface area contributed by atoms with Gasteiger partial charge in [0.25, 0.3) is 0 Å². The van der Waals surface area contributed by atoms with Gasteiger partial charge >= 0.3 is 10.3 Å². The highest BCUT2D eigenvalue weighted by Gasteiger charge is 2.15. The van der Waals surface area contributed by atoms with Crippen molar-refractivity contribution in [3.8, 4) is 11.1 Å². The summed E-state index contributed by atoms with van der Waals surface area (Å²) in [5, 5.41) is 9.80. The first kappa shape index (κ1) is 23.7. The third-order valence-corrected chi connectivity index (χ3v) is 6.84. The van der Waals surface area contributed by atoms with Gasteiger partial charge in [-0.1, -0.05) is 72.8 Å². The van der Waals surface area contributed by atoms with Crippen molar-refractivity contribution in [2.45, 2.75) is 13.1 Å². The molecule has 0 aliphatic carbocycles. The largest absolute Gasteiger partial charge is 0.365 e. The van der Waals surface area contributed by atoms with Gasteiger partial charge in [0.2, 0.25) is 5.95 Å². The molecule has 2 aromatic heterocycles. The highest BCUT2D eigenvalue weighted by Crippen LogP contribution is 2.37. The van der Waals surface area contributed by atoms with Crippen LogP contribution >= 0.6 is 11.3 Å². The Hall–Kier alpha value is -3.99. The van der Waals surface area contributed by atoms with Gasteiger partial charge in [-0.15, -0.1) is 11.3 Å². The molecule has 0 spiro atoms. The molecule has 0 saturated heterocycles. The predicted molar refractivity (Wildman–Crippen MR) is 146 cm³/mol. The third-order valence-electron chi connectivity index (χ3n) is 5.47. The van der Waals surface area contributed by atoms with Crippen molar-refractivity contribution in [3.63, 3.8) is 0 Å². The SMILES string of the molecule is O=S(=O)(O)Nc1ccc(CNc2nc(NCc3ccccc3)nc3scc(-c4ccccc4)c23)cc1. The fraction of sp³-hybridized carbons (Fsp3) is 0.0769. The van der Waals surface area contributed by atoms with Crippen molar-refractivity contribution in [2.24, 2.45) is 0 Å². The van der Waals surface area contributed by atoms with Crippen LogP contribution in [-0.4, -0.2) is 22.9 Å². The molecule has 0 unspecified atom stereocenters. The molecule has 5 aromatic rings. The van der Waals surface area contributed by atoms with Crippen molar-refractivity contribution in [3.05, 3.63) is 101 Å². The van der Waals surface area contributed by atoms with Gasteiger partial charge in [-0.3, -0.25) is 9.27 Å². The minimum absolute atomic E-state index is 0.280. The molecule has 0 bridgehead atoms. The minimum Gasteiger partial charge on any atom is -0.365 e. The average Bonchev–Trinajstić information content (AvgIpc) is 3.31. The average molecular weight is 518 g/mol. The zero-order valence-electron chi connectivity index (χ0n) is 19.0.